The van der Waals surface area contributed by atoms with E-state index in [4.69, 9.17) is 4.74 Å². The molecular weight excluding hydrogens is 236 g/mol. The first-order valence-corrected chi connectivity index (χ1v) is 6.34. The van der Waals surface area contributed by atoms with Gasteiger partial charge in [-0.3, -0.25) is 0 Å². The van der Waals surface area contributed by atoms with Gasteiger partial charge in [-0.15, -0.1) is 0 Å². The molecule has 1 aromatic carbocycles. The van der Waals surface area contributed by atoms with E-state index in [0.29, 0.717) is 5.56 Å². The van der Waals surface area contributed by atoms with Crippen molar-refractivity contribution >= 4 is 0 Å². The third-order valence-corrected chi connectivity index (χ3v) is 2.94. The second kappa shape index (κ2) is 7.44. The van der Waals surface area contributed by atoms with Crippen LogP contribution in [0.2, 0.25) is 0 Å². The number of hydrogen-bond acceptors (Lipinski definition) is 2. The zero-order valence-electron chi connectivity index (χ0n) is 11.2. The maximum Gasteiger partial charge on any atom is 0.126 e. The molecule has 0 saturated heterocycles. The number of nitrogens with one attached hydrogen (secondary N) is 1. The third kappa shape index (κ3) is 4.03. The summed E-state index contributed by atoms with van der Waals surface area (Å²) in [4.78, 5) is 0. The van der Waals surface area contributed by atoms with E-state index in [2.05, 4.69) is 5.32 Å². The van der Waals surface area contributed by atoms with Crippen molar-refractivity contribution < 1.29 is 13.5 Å². The molecule has 0 aliphatic heterocycles. The molecule has 0 bridgehead atoms. The van der Waals surface area contributed by atoms with E-state index in [-0.39, 0.29) is 12.1 Å². The van der Waals surface area contributed by atoms with Crippen molar-refractivity contribution in [3.63, 3.8) is 0 Å². The van der Waals surface area contributed by atoms with Gasteiger partial charge in [0.15, 0.2) is 0 Å². The Balaban J connectivity index is 2.99. The fourth-order valence-electron chi connectivity index (χ4n) is 2.06. The molecule has 2 nitrogen and oxygen atoms in total. The molecule has 0 radical (unpaired) electrons. The molecule has 0 aromatic heterocycles. The number of rotatable bonds is 7. The monoisotopic (exact) mass is 257 g/mol. The Hall–Kier alpha value is -1.00. The minimum absolute atomic E-state index is 0.0993. The Morgan fingerprint density at radius 2 is 1.78 bits per heavy atom. The van der Waals surface area contributed by atoms with Crippen LogP contribution in [0, 0.1) is 11.6 Å². The van der Waals surface area contributed by atoms with Crippen molar-refractivity contribution in [2.75, 3.05) is 13.7 Å². The molecule has 1 N–H and O–H groups in total. The summed E-state index contributed by atoms with van der Waals surface area (Å²) in [7, 11) is 1.62. The minimum Gasteiger partial charge on any atom is -0.379 e. The Morgan fingerprint density at radius 3 is 2.22 bits per heavy atom. The summed E-state index contributed by atoms with van der Waals surface area (Å²) >= 11 is 0. The Bertz CT molecular complexity index is 347. The van der Waals surface area contributed by atoms with E-state index in [1.165, 1.54) is 12.1 Å². The standard InChI is InChI=1S/C14H21F2NO/c1-4-6-17-14(13(5-2)18-3)10-7-11(15)9-12(16)8-10/h7-9,13-14,17H,4-6H2,1-3H3. The lowest BCUT2D eigenvalue weighted by Crippen LogP contribution is -2.33. The highest BCUT2D eigenvalue weighted by Gasteiger charge is 2.22. The Kier molecular flexibility index (Phi) is 6.22. The van der Waals surface area contributed by atoms with E-state index in [1.54, 1.807) is 7.11 Å². The summed E-state index contributed by atoms with van der Waals surface area (Å²) in [6.07, 6.45) is 1.63. The van der Waals surface area contributed by atoms with Crippen molar-refractivity contribution in [2.24, 2.45) is 0 Å². The highest BCUT2D eigenvalue weighted by Crippen LogP contribution is 2.23. The molecule has 2 unspecified atom stereocenters. The molecule has 2 atom stereocenters. The quantitative estimate of drug-likeness (QED) is 0.808. The van der Waals surface area contributed by atoms with Gasteiger partial charge in [0.05, 0.1) is 12.1 Å². The van der Waals surface area contributed by atoms with Gasteiger partial charge >= 0.3 is 0 Å². The summed E-state index contributed by atoms with van der Waals surface area (Å²) in [6, 6.07) is 3.41. The van der Waals surface area contributed by atoms with Crippen LogP contribution in [-0.4, -0.2) is 19.8 Å². The highest BCUT2D eigenvalue weighted by molar-refractivity contribution is 5.22. The van der Waals surface area contributed by atoms with Crippen molar-refractivity contribution in [2.45, 2.75) is 38.8 Å². The number of methoxy groups -OCH3 is 1. The molecule has 4 heteroatoms. The van der Waals surface area contributed by atoms with E-state index in [0.717, 1.165) is 25.5 Å². The van der Waals surface area contributed by atoms with Crippen LogP contribution in [0.1, 0.15) is 38.3 Å². The SMILES string of the molecule is CCCNC(c1cc(F)cc(F)c1)C(CC)OC. The van der Waals surface area contributed by atoms with E-state index < -0.39 is 11.6 Å². The molecular formula is C14H21F2NO. The zero-order chi connectivity index (χ0) is 13.5. The van der Waals surface area contributed by atoms with Crippen LogP contribution in [0.3, 0.4) is 0 Å². The van der Waals surface area contributed by atoms with Crippen molar-refractivity contribution in [1.29, 1.82) is 0 Å². The normalized spacial score (nSPS) is 14.5. The molecule has 0 saturated carbocycles. The van der Waals surface area contributed by atoms with E-state index in [1.807, 2.05) is 13.8 Å². The van der Waals surface area contributed by atoms with Gasteiger partial charge in [-0.2, -0.15) is 0 Å². The number of halogens is 2. The third-order valence-electron chi connectivity index (χ3n) is 2.94. The van der Waals surface area contributed by atoms with Crippen LogP contribution in [0.25, 0.3) is 0 Å². The van der Waals surface area contributed by atoms with Gasteiger partial charge < -0.3 is 10.1 Å². The fraction of sp³-hybridized carbons (Fsp3) is 0.571. The van der Waals surface area contributed by atoms with Gasteiger partial charge in [-0.1, -0.05) is 13.8 Å². The van der Waals surface area contributed by atoms with E-state index in [9.17, 15) is 8.78 Å². The molecule has 0 spiro atoms. The summed E-state index contributed by atoms with van der Waals surface area (Å²) in [6.45, 7) is 4.82. The topological polar surface area (TPSA) is 21.3 Å². The van der Waals surface area contributed by atoms with Crippen LogP contribution in [0.4, 0.5) is 8.78 Å². The molecule has 0 aliphatic rings. The zero-order valence-corrected chi connectivity index (χ0v) is 11.2. The Morgan fingerprint density at radius 1 is 1.17 bits per heavy atom. The molecule has 0 heterocycles. The summed E-state index contributed by atoms with van der Waals surface area (Å²) < 4.78 is 31.9. The van der Waals surface area contributed by atoms with Gasteiger partial charge in [0, 0.05) is 13.2 Å². The summed E-state index contributed by atoms with van der Waals surface area (Å²) in [5, 5.41) is 3.28. The van der Waals surface area contributed by atoms with Crippen LogP contribution in [0.5, 0.6) is 0 Å². The predicted molar refractivity (Wildman–Crippen MR) is 68.5 cm³/mol. The van der Waals surface area contributed by atoms with Gasteiger partial charge in [0.1, 0.15) is 11.6 Å². The average molecular weight is 257 g/mol. The molecule has 102 valence electrons. The van der Waals surface area contributed by atoms with Crippen molar-refractivity contribution in [3.8, 4) is 0 Å². The first-order chi connectivity index (χ1) is 8.62. The first-order valence-electron chi connectivity index (χ1n) is 6.34. The lowest BCUT2D eigenvalue weighted by atomic mass is 9.99. The van der Waals surface area contributed by atoms with Gasteiger partial charge in [-0.25, -0.2) is 8.78 Å². The van der Waals surface area contributed by atoms with Crippen molar-refractivity contribution in [1.82, 2.24) is 5.32 Å². The van der Waals surface area contributed by atoms with Crippen molar-refractivity contribution in [3.05, 3.63) is 35.4 Å². The summed E-state index contributed by atoms with van der Waals surface area (Å²) in [5.74, 6) is -1.11. The van der Waals surface area contributed by atoms with Crippen LogP contribution in [-0.2, 0) is 4.74 Å². The van der Waals surface area contributed by atoms with Crippen LogP contribution in [0.15, 0.2) is 18.2 Å². The molecule has 1 rings (SSSR count). The lowest BCUT2D eigenvalue weighted by Gasteiger charge is -2.26. The van der Waals surface area contributed by atoms with Gasteiger partial charge in [0.25, 0.3) is 0 Å². The molecule has 18 heavy (non-hydrogen) atoms. The largest absolute Gasteiger partial charge is 0.379 e. The highest BCUT2D eigenvalue weighted by atomic mass is 19.1. The second-order valence-corrected chi connectivity index (χ2v) is 4.32. The molecule has 0 aliphatic carbocycles. The Labute approximate surface area is 107 Å². The van der Waals surface area contributed by atoms with Crippen LogP contribution >= 0.6 is 0 Å². The van der Waals surface area contributed by atoms with Gasteiger partial charge in [0.2, 0.25) is 0 Å². The number of ether oxygens (including phenoxy) is 1. The smallest absolute Gasteiger partial charge is 0.126 e. The maximum atomic E-state index is 13.3. The first kappa shape index (κ1) is 15.1. The number of benzene rings is 1. The molecule has 0 fully saturated rings. The summed E-state index contributed by atoms with van der Waals surface area (Å²) in [5.41, 5.74) is 0.592. The van der Waals surface area contributed by atoms with E-state index >= 15 is 0 Å². The second-order valence-electron chi connectivity index (χ2n) is 4.32. The predicted octanol–water partition coefficient (Wildman–Crippen LogP) is 3.43. The fourth-order valence-corrected chi connectivity index (χ4v) is 2.06. The minimum atomic E-state index is -0.556. The van der Waals surface area contributed by atoms with Gasteiger partial charge in [-0.05, 0) is 37.1 Å². The van der Waals surface area contributed by atoms with Crippen LogP contribution < -0.4 is 5.32 Å². The molecule has 1 aromatic rings. The molecule has 0 amide bonds. The lowest BCUT2D eigenvalue weighted by molar-refractivity contribution is 0.0649. The average Bonchev–Trinajstić information content (AvgIpc) is 2.33. The maximum absolute atomic E-state index is 13.3. The number of hydrogen-bond donors (Lipinski definition) is 1.